The lowest BCUT2D eigenvalue weighted by Gasteiger charge is -2.03. The molecule has 2 heteroatoms. The Morgan fingerprint density at radius 3 is 3.00 bits per heavy atom. The van der Waals surface area contributed by atoms with Crippen molar-refractivity contribution in [2.45, 2.75) is 18.3 Å². The van der Waals surface area contributed by atoms with Crippen molar-refractivity contribution >= 4 is 10.9 Å². The molecule has 0 saturated carbocycles. The van der Waals surface area contributed by atoms with Gasteiger partial charge in [-0.05, 0) is 6.42 Å². The van der Waals surface area contributed by atoms with Crippen molar-refractivity contribution in [3.63, 3.8) is 0 Å². The molecule has 0 radical (unpaired) electrons. The Balaban J connectivity index is 2.32. The Labute approximate surface area is 59.4 Å². The van der Waals surface area contributed by atoms with Crippen molar-refractivity contribution in [1.82, 2.24) is 0 Å². The van der Waals surface area contributed by atoms with Crippen LogP contribution in [0.1, 0.15) is 12.8 Å². The molecule has 1 saturated heterocycles. The lowest BCUT2D eigenvalue weighted by Crippen LogP contribution is -2.15. The summed E-state index contributed by atoms with van der Waals surface area (Å²) in [6.07, 6.45) is 4.64. The third-order valence-corrected chi connectivity index (χ3v) is 3.29. The molecule has 0 aromatic carbocycles. The van der Waals surface area contributed by atoms with Gasteiger partial charge in [-0.25, -0.2) is 0 Å². The molecule has 1 aliphatic heterocycles. The molecule has 0 aliphatic carbocycles. The summed E-state index contributed by atoms with van der Waals surface area (Å²) in [6, 6.07) is 0. The van der Waals surface area contributed by atoms with Crippen LogP contribution in [0.25, 0.3) is 0 Å². The van der Waals surface area contributed by atoms with Gasteiger partial charge in [0.25, 0.3) is 0 Å². The van der Waals surface area contributed by atoms with Gasteiger partial charge in [-0.3, -0.25) is 0 Å². The maximum absolute atomic E-state index is 5.45. The molecule has 52 valence electrons. The Bertz CT molecular complexity index is 97.1. The number of rotatable bonds is 2. The summed E-state index contributed by atoms with van der Waals surface area (Å²) in [4.78, 5) is 0. The molecule has 2 atom stereocenters. The molecule has 1 nitrogen and oxygen atoms in total. The zero-order chi connectivity index (χ0) is 6.69. The number of hydrogen-bond acceptors (Lipinski definition) is 1. The largest absolute Gasteiger partial charge is 0.333 e. The smallest absolute Gasteiger partial charge is 0.222 e. The van der Waals surface area contributed by atoms with Crippen molar-refractivity contribution in [3.05, 3.63) is 12.0 Å². The number of hydrogen-bond donors (Lipinski definition) is 0. The molecular formula is C7H13OS+. The van der Waals surface area contributed by atoms with Crippen LogP contribution < -0.4 is 0 Å². The van der Waals surface area contributed by atoms with E-state index in [1.807, 2.05) is 5.41 Å². The molecule has 1 heterocycles. The Hall–Kier alpha value is 0.0500. The summed E-state index contributed by atoms with van der Waals surface area (Å²) < 4.78 is 5.45. The molecule has 0 N–H and O–H groups in total. The van der Waals surface area contributed by atoms with Gasteiger partial charge in [-0.15, -0.1) is 0 Å². The Morgan fingerprint density at radius 1 is 1.78 bits per heavy atom. The minimum absolute atomic E-state index is 0.289. The average molecular weight is 145 g/mol. The third kappa shape index (κ3) is 1.73. The van der Waals surface area contributed by atoms with Crippen molar-refractivity contribution in [2.24, 2.45) is 0 Å². The predicted octanol–water partition coefficient (Wildman–Crippen LogP) is 1.51. The molecule has 2 unspecified atom stereocenters. The van der Waals surface area contributed by atoms with Crippen molar-refractivity contribution < 1.29 is 4.74 Å². The summed E-state index contributed by atoms with van der Waals surface area (Å²) in [7, 11) is 0.289. The van der Waals surface area contributed by atoms with Crippen LogP contribution in [-0.2, 0) is 15.6 Å². The van der Waals surface area contributed by atoms with Crippen LogP contribution in [0.4, 0.5) is 0 Å². The summed E-state index contributed by atoms with van der Waals surface area (Å²) in [5.41, 5.74) is 0.488. The van der Waals surface area contributed by atoms with Gasteiger partial charge in [0.1, 0.15) is 11.7 Å². The zero-order valence-corrected chi connectivity index (χ0v) is 6.62. The van der Waals surface area contributed by atoms with E-state index in [4.69, 9.17) is 4.74 Å². The summed E-state index contributed by atoms with van der Waals surface area (Å²) >= 11 is 0. The van der Waals surface area contributed by atoms with Gasteiger partial charge in [0.15, 0.2) is 0 Å². The fourth-order valence-corrected chi connectivity index (χ4v) is 2.01. The van der Waals surface area contributed by atoms with Gasteiger partial charge >= 0.3 is 0 Å². The standard InChI is InChI=1S/C7H13OS/c1-3-9(2)7-5-4-6-8-7/h3,7H,1,4-6H2,2H3/q+1. The molecule has 0 aromatic rings. The van der Waals surface area contributed by atoms with Crippen molar-refractivity contribution in [1.29, 1.82) is 0 Å². The summed E-state index contributed by atoms with van der Waals surface area (Å²) in [6.45, 7) is 4.69. The highest BCUT2D eigenvalue weighted by atomic mass is 32.2. The fourth-order valence-electron chi connectivity index (χ4n) is 0.949. The van der Waals surface area contributed by atoms with Crippen LogP contribution in [0.5, 0.6) is 0 Å². The SMILES string of the molecule is C=C[S+](C)C1CCCO1. The summed E-state index contributed by atoms with van der Waals surface area (Å²) in [5, 5.41) is 2.00. The monoisotopic (exact) mass is 145 g/mol. The van der Waals surface area contributed by atoms with Crippen LogP contribution in [-0.4, -0.2) is 18.3 Å². The van der Waals surface area contributed by atoms with Gasteiger partial charge in [0.05, 0.1) is 6.61 Å². The van der Waals surface area contributed by atoms with Gasteiger partial charge in [0.2, 0.25) is 5.44 Å². The molecule has 1 aliphatic rings. The first kappa shape index (κ1) is 7.16. The highest BCUT2D eigenvalue weighted by Gasteiger charge is 2.27. The van der Waals surface area contributed by atoms with Gasteiger partial charge < -0.3 is 4.74 Å². The first-order chi connectivity index (χ1) is 4.34. The van der Waals surface area contributed by atoms with E-state index >= 15 is 0 Å². The second-order valence-electron chi connectivity index (χ2n) is 2.22. The molecule has 1 fully saturated rings. The molecule has 0 spiro atoms. The van der Waals surface area contributed by atoms with Crippen LogP contribution >= 0.6 is 0 Å². The molecule has 0 bridgehead atoms. The predicted molar refractivity (Wildman–Crippen MR) is 42.5 cm³/mol. The lowest BCUT2D eigenvalue weighted by molar-refractivity contribution is 0.172. The third-order valence-electron chi connectivity index (χ3n) is 1.57. The minimum Gasteiger partial charge on any atom is -0.333 e. The van der Waals surface area contributed by atoms with Gasteiger partial charge in [-0.1, -0.05) is 6.58 Å². The van der Waals surface area contributed by atoms with Crippen LogP contribution in [0.15, 0.2) is 12.0 Å². The van der Waals surface area contributed by atoms with E-state index in [0.29, 0.717) is 5.44 Å². The average Bonchev–Trinajstić information content (AvgIpc) is 2.37. The highest BCUT2D eigenvalue weighted by Crippen LogP contribution is 2.18. The van der Waals surface area contributed by atoms with Crippen LogP contribution in [0.3, 0.4) is 0 Å². The quantitative estimate of drug-likeness (QED) is 0.535. The van der Waals surface area contributed by atoms with E-state index < -0.39 is 0 Å². The molecular weight excluding hydrogens is 132 g/mol. The van der Waals surface area contributed by atoms with Gasteiger partial charge in [0, 0.05) is 17.3 Å². The Morgan fingerprint density at radius 2 is 2.56 bits per heavy atom. The topological polar surface area (TPSA) is 9.23 Å². The zero-order valence-electron chi connectivity index (χ0n) is 5.80. The molecule has 9 heavy (non-hydrogen) atoms. The molecule has 0 aromatic heterocycles. The lowest BCUT2D eigenvalue weighted by atomic mass is 10.4. The second kappa shape index (κ2) is 3.28. The Kier molecular flexibility index (Phi) is 2.61. The van der Waals surface area contributed by atoms with Crippen molar-refractivity contribution in [3.8, 4) is 0 Å². The summed E-state index contributed by atoms with van der Waals surface area (Å²) in [5.74, 6) is 0. The van der Waals surface area contributed by atoms with Crippen LogP contribution in [0.2, 0.25) is 0 Å². The first-order valence-electron chi connectivity index (χ1n) is 3.22. The fraction of sp³-hybridized carbons (Fsp3) is 0.714. The molecule has 1 rings (SSSR count). The maximum Gasteiger partial charge on any atom is 0.222 e. The highest BCUT2D eigenvalue weighted by molar-refractivity contribution is 7.99. The van der Waals surface area contributed by atoms with E-state index in [1.165, 1.54) is 12.8 Å². The number of ether oxygens (including phenoxy) is 1. The minimum atomic E-state index is 0.289. The van der Waals surface area contributed by atoms with E-state index in [0.717, 1.165) is 6.61 Å². The second-order valence-corrected chi connectivity index (χ2v) is 4.29. The maximum atomic E-state index is 5.45. The van der Waals surface area contributed by atoms with E-state index in [-0.39, 0.29) is 10.9 Å². The normalized spacial score (nSPS) is 30.1. The van der Waals surface area contributed by atoms with Crippen molar-refractivity contribution in [2.75, 3.05) is 12.9 Å². The van der Waals surface area contributed by atoms with E-state index in [1.54, 1.807) is 0 Å². The van der Waals surface area contributed by atoms with E-state index in [2.05, 4.69) is 12.8 Å². The van der Waals surface area contributed by atoms with Gasteiger partial charge in [-0.2, -0.15) is 0 Å². The van der Waals surface area contributed by atoms with Crippen LogP contribution in [0, 0.1) is 0 Å². The van der Waals surface area contributed by atoms with E-state index in [9.17, 15) is 0 Å². The first-order valence-corrected chi connectivity index (χ1v) is 4.98. The molecule has 0 amide bonds.